The number of benzene rings is 2. The lowest BCUT2D eigenvalue weighted by Crippen LogP contribution is -2.46. The summed E-state index contributed by atoms with van der Waals surface area (Å²) in [5, 5.41) is 6.01. The van der Waals surface area contributed by atoms with E-state index in [2.05, 4.69) is 10.6 Å². The topological polar surface area (TPSA) is 67.4 Å². The number of halogens is 1. The van der Waals surface area contributed by atoms with Crippen molar-refractivity contribution < 1.29 is 14.3 Å². The normalized spacial score (nSPS) is 10.9. The minimum atomic E-state index is -1.05. The van der Waals surface area contributed by atoms with Gasteiger partial charge in [-0.15, -0.1) is 0 Å². The van der Waals surface area contributed by atoms with Crippen LogP contribution in [-0.4, -0.2) is 24.5 Å². The average Bonchev–Trinajstić information content (AvgIpc) is 2.61. The van der Waals surface area contributed by atoms with Crippen LogP contribution < -0.4 is 15.4 Å². The van der Waals surface area contributed by atoms with E-state index in [9.17, 15) is 9.59 Å². The smallest absolute Gasteiger partial charge is 0.263 e. The fourth-order valence-corrected chi connectivity index (χ4v) is 2.33. The Morgan fingerprint density at radius 2 is 1.80 bits per heavy atom. The first-order valence-electron chi connectivity index (χ1n) is 7.86. The molecule has 5 nitrogen and oxygen atoms in total. The van der Waals surface area contributed by atoms with Crippen LogP contribution in [-0.2, 0) is 11.3 Å². The van der Waals surface area contributed by atoms with Crippen LogP contribution in [0.1, 0.15) is 29.8 Å². The highest BCUT2D eigenvalue weighted by Crippen LogP contribution is 2.21. The minimum absolute atomic E-state index is 0.167. The third-order valence-corrected chi connectivity index (χ3v) is 3.85. The predicted molar refractivity (Wildman–Crippen MR) is 97.8 cm³/mol. The van der Waals surface area contributed by atoms with Crippen molar-refractivity contribution in [3.05, 3.63) is 64.7 Å². The molecule has 0 radical (unpaired) electrons. The summed E-state index contributed by atoms with van der Waals surface area (Å²) in [4.78, 5) is 24.1. The van der Waals surface area contributed by atoms with E-state index in [1.165, 1.54) is 0 Å². The van der Waals surface area contributed by atoms with Crippen LogP contribution >= 0.6 is 11.6 Å². The number of amides is 2. The van der Waals surface area contributed by atoms with Gasteiger partial charge in [0.05, 0.1) is 0 Å². The molecule has 0 spiro atoms. The van der Waals surface area contributed by atoms with Crippen molar-refractivity contribution >= 4 is 23.4 Å². The number of hydrogen-bond acceptors (Lipinski definition) is 3. The number of carbonyl (C=O) groups is 2. The summed E-state index contributed by atoms with van der Waals surface area (Å²) in [6.45, 7) is 3.69. The van der Waals surface area contributed by atoms with Crippen LogP contribution in [0, 0.1) is 0 Å². The molecule has 0 saturated carbocycles. The Labute approximate surface area is 152 Å². The Kier molecular flexibility index (Phi) is 6.04. The van der Waals surface area contributed by atoms with Gasteiger partial charge in [-0.2, -0.15) is 0 Å². The molecule has 2 amide bonds. The highest BCUT2D eigenvalue weighted by molar-refractivity contribution is 6.30. The first-order valence-corrected chi connectivity index (χ1v) is 8.23. The monoisotopic (exact) mass is 360 g/mol. The molecule has 0 fully saturated rings. The molecule has 0 aliphatic heterocycles. The van der Waals surface area contributed by atoms with Gasteiger partial charge in [0, 0.05) is 24.2 Å². The van der Waals surface area contributed by atoms with Gasteiger partial charge in [0.15, 0.2) is 5.60 Å². The van der Waals surface area contributed by atoms with Crippen LogP contribution in [0.2, 0.25) is 5.02 Å². The number of rotatable bonds is 6. The molecule has 132 valence electrons. The summed E-state index contributed by atoms with van der Waals surface area (Å²) >= 11 is 5.85. The zero-order chi connectivity index (χ0) is 18.4. The summed E-state index contributed by atoms with van der Waals surface area (Å²) in [7, 11) is 1.58. The van der Waals surface area contributed by atoms with Gasteiger partial charge >= 0.3 is 0 Å². The second kappa shape index (κ2) is 8.03. The van der Waals surface area contributed by atoms with Crippen LogP contribution in [0.3, 0.4) is 0 Å². The van der Waals surface area contributed by atoms with Gasteiger partial charge in [0.1, 0.15) is 5.75 Å². The third-order valence-electron chi connectivity index (χ3n) is 3.60. The van der Waals surface area contributed by atoms with Gasteiger partial charge in [-0.25, -0.2) is 0 Å². The molecule has 0 unspecified atom stereocenters. The number of ether oxygens (including phenoxy) is 1. The molecule has 0 bridgehead atoms. The Hall–Kier alpha value is -2.53. The molecule has 25 heavy (non-hydrogen) atoms. The van der Waals surface area contributed by atoms with Crippen LogP contribution in [0.4, 0.5) is 0 Å². The average molecular weight is 361 g/mol. The molecule has 6 heteroatoms. The second-order valence-electron chi connectivity index (χ2n) is 6.03. The summed E-state index contributed by atoms with van der Waals surface area (Å²) in [6, 6.07) is 13.9. The van der Waals surface area contributed by atoms with Crippen molar-refractivity contribution in [2.75, 3.05) is 7.05 Å². The maximum absolute atomic E-state index is 12.4. The second-order valence-corrected chi connectivity index (χ2v) is 6.46. The van der Waals surface area contributed by atoms with E-state index in [0.29, 0.717) is 22.9 Å². The van der Waals surface area contributed by atoms with Gasteiger partial charge in [-0.05, 0) is 55.8 Å². The fourth-order valence-electron chi connectivity index (χ4n) is 2.21. The molecule has 0 saturated heterocycles. The van der Waals surface area contributed by atoms with Crippen molar-refractivity contribution in [2.24, 2.45) is 0 Å². The summed E-state index contributed by atoms with van der Waals surface area (Å²) in [5.74, 6) is 0.138. The maximum atomic E-state index is 12.4. The first kappa shape index (κ1) is 18.8. The SMILES string of the molecule is CNC(=O)c1cccc(CNC(=O)C(C)(C)Oc2ccc(Cl)cc2)c1. The lowest BCUT2D eigenvalue weighted by Gasteiger charge is -2.25. The summed E-state index contributed by atoms with van der Waals surface area (Å²) in [5.41, 5.74) is 0.328. The van der Waals surface area contributed by atoms with Crippen LogP contribution in [0.5, 0.6) is 5.75 Å². The van der Waals surface area contributed by atoms with E-state index in [1.807, 2.05) is 6.07 Å². The van der Waals surface area contributed by atoms with E-state index < -0.39 is 5.60 Å². The Balaban J connectivity index is 1.98. The lowest BCUT2D eigenvalue weighted by molar-refractivity contribution is -0.134. The fraction of sp³-hybridized carbons (Fsp3) is 0.263. The zero-order valence-electron chi connectivity index (χ0n) is 14.4. The van der Waals surface area contributed by atoms with Gasteiger partial charge < -0.3 is 15.4 Å². The van der Waals surface area contributed by atoms with Crippen molar-refractivity contribution in [1.82, 2.24) is 10.6 Å². The van der Waals surface area contributed by atoms with E-state index in [4.69, 9.17) is 16.3 Å². The van der Waals surface area contributed by atoms with Gasteiger partial charge in [-0.1, -0.05) is 23.7 Å². The predicted octanol–water partition coefficient (Wildman–Crippen LogP) is 3.17. The summed E-state index contributed by atoms with van der Waals surface area (Å²) in [6.07, 6.45) is 0. The highest BCUT2D eigenvalue weighted by atomic mass is 35.5. The Bertz CT molecular complexity index is 758. The molecule has 2 N–H and O–H groups in total. The Morgan fingerprint density at radius 1 is 1.12 bits per heavy atom. The third kappa shape index (κ3) is 5.22. The van der Waals surface area contributed by atoms with E-state index in [1.54, 1.807) is 63.4 Å². The molecule has 0 aromatic heterocycles. The molecule has 2 aromatic rings. The van der Waals surface area contributed by atoms with Crippen molar-refractivity contribution in [2.45, 2.75) is 26.0 Å². The van der Waals surface area contributed by atoms with Gasteiger partial charge in [0.2, 0.25) is 0 Å². The zero-order valence-corrected chi connectivity index (χ0v) is 15.2. The molecular formula is C19H21ClN2O3. The molecule has 0 heterocycles. The molecule has 2 rings (SSSR count). The number of hydrogen-bond donors (Lipinski definition) is 2. The van der Waals surface area contributed by atoms with Crippen molar-refractivity contribution in [3.8, 4) is 5.75 Å². The minimum Gasteiger partial charge on any atom is -0.478 e. The maximum Gasteiger partial charge on any atom is 0.263 e. The highest BCUT2D eigenvalue weighted by Gasteiger charge is 2.29. The molecule has 2 aromatic carbocycles. The van der Waals surface area contributed by atoms with Crippen LogP contribution in [0.15, 0.2) is 48.5 Å². The van der Waals surface area contributed by atoms with Gasteiger partial charge in [0.25, 0.3) is 11.8 Å². The van der Waals surface area contributed by atoms with Crippen molar-refractivity contribution in [1.29, 1.82) is 0 Å². The molecular weight excluding hydrogens is 340 g/mol. The largest absolute Gasteiger partial charge is 0.478 e. The standard InChI is InChI=1S/C19H21ClN2O3/c1-19(2,25-16-9-7-15(20)8-10-16)18(24)22-12-13-5-4-6-14(11-13)17(23)21-3/h4-11H,12H2,1-3H3,(H,21,23)(H,22,24). The molecule has 0 aliphatic rings. The van der Waals surface area contributed by atoms with Gasteiger partial charge in [-0.3, -0.25) is 9.59 Å². The lowest BCUT2D eigenvalue weighted by atomic mass is 10.1. The van der Waals surface area contributed by atoms with Crippen LogP contribution in [0.25, 0.3) is 0 Å². The van der Waals surface area contributed by atoms with E-state index >= 15 is 0 Å². The number of nitrogens with one attached hydrogen (secondary N) is 2. The molecule has 0 aliphatic carbocycles. The van der Waals surface area contributed by atoms with E-state index in [-0.39, 0.29) is 11.8 Å². The first-order chi connectivity index (χ1) is 11.8. The van der Waals surface area contributed by atoms with Crippen molar-refractivity contribution in [3.63, 3.8) is 0 Å². The Morgan fingerprint density at radius 3 is 2.44 bits per heavy atom. The van der Waals surface area contributed by atoms with E-state index in [0.717, 1.165) is 5.56 Å². The quantitative estimate of drug-likeness (QED) is 0.831. The summed E-state index contributed by atoms with van der Waals surface area (Å²) < 4.78 is 5.75. The number of carbonyl (C=O) groups excluding carboxylic acids is 2. The molecule has 0 atom stereocenters.